The van der Waals surface area contributed by atoms with E-state index in [0.717, 1.165) is 60.9 Å². The van der Waals surface area contributed by atoms with Crippen LogP contribution in [0.1, 0.15) is 67.4 Å². The summed E-state index contributed by atoms with van der Waals surface area (Å²) in [6.07, 6.45) is 6.62. The predicted molar refractivity (Wildman–Crippen MR) is 184 cm³/mol. The minimum atomic E-state index is -1.36. The van der Waals surface area contributed by atoms with Gasteiger partial charge in [-0.2, -0.15) is 0 Å². The average molecular weight is 681 g/mol. The molecule has 4 bridgehead atoms. The summed E-state index contributed by atoms with van der Waals surface area (Å²) in [5.41, 5.74) is 3.33. The normalized spacial score (nSPS) is 27.7. The third-order valence-corrected chi connectivity index (χ3v) is 11.4. The number of carbonyl (C=O) groups is 2. The average Bonchev–Trinajstić information content (AvgIpc) is 3.44. The molecule has 1 aromatic heterocycles. The smallest absolute Gasteiger partial charge is 0.492 e. The maximum Gasteiger partial charge on any atom is 0.507 e. The Morgan fingerprint density at radius 3 is 2.40 bits per heavy atom. The molecular formula is C37H43Cl2N3O5. The van der Waals surface area contributed by atoms with E-state index in [2.05, 4.69) is 30.3 Å². The van der Waals surface area contributed by atoms with Crippen molar-refractivity contribution in [2.45, 2.75) is 70.1 Å². The third kappa shape index (κ3) is 6.57. The summed E-state index contributed by atoms with van der Waals surface area (Å²) < 4.78 is 11.9. The van der Waals surface area contributed by atoms with Gasteiger partial charge in [-0.05, 0) is 119 Å². The number of halogens is 2. The quantitative estimate of drug-likeness (QED) is 0.173. The molecule has 8 nitrogen and oxygen atoms in total. The summed E-state index contributed by atoms with van der Waals surface area (Å²) >= 11 is 6.61. The molecule has 4 aliphatic carbocycles. The second-order valence-electron chi connectivity index (χ2n) is 13.9. The van der Waals surface area contributed by atoms with Crippen LogP contribution < -0.4 is 10.1 Å². The van der Waals surface area contributed by atoms with Gasteiger partial charge in [-0.25, -0.2) is 9.78 Å². The van der Waals surface area contributed by atoms with Crippen molar-refractivity contribution in [3.63, 3.8) is 0 Å². The number of pyridine rings is 1. The highest BCUT2D eigenvalue weighted by Crippen LogP contribution is 2.58. The molecule has 1 atom stereocenters. The van der Waals surface area contributed by atoms with E-state index in [-0.39, 0.29) is 29.9 Å². The van der Waals surface area contributed by atoms with Crippen molar-refractivity contribution >= 4 is 36.1 Å². The van der Waals surface area contributed by atoms with Crippen molar-refractivity contribution in [1.29, 1.82) is 0 Å². The summed E-state index contributed by atoms with van der Waals surface area (Å²) in [6, 6.07) is 17.9. The minimum absolute atomic E-state index is 0. The molecule has 4 saturated carbocycles. The Bertz CT molecular complexity index is 1620. The molecule has 0 radical (unpaired) electrons. The van der Waals surface area contributed by atoms with Crippen LogP contribution in [0.5, 0.6) is 5.75 Å². The van der Waals surface area contributed by atoms with Crippen LogP contribution in [0.15, 0.2) is 54.6 Å². The number of nitrogens with zero attached hydrogens (tertiary/aromatic N) is 2. The SMILES string of the molecule is Cc1ccccc1-c1ccc(C(=O)NC2(OC(=O)O)C3CC4CC(C3)CC2C4)nc1-c1ccc(Cl)c(OCCC2CCCN2C)c1.Cl. The molecule has 47 heavy (non-hydrogen) atoms. The van der Waals surface area contributed by atoms with E-state index in [1.807, 2.05) is 42.5 Å². The summed E-state index contributed by atoms with van der Waals surface area (Å²) in [6.45, 7) is 3.72. The highest BCUT2D eigenvalue weighted by Gasteiger charge is 2.60. The van der Waals surface area contributed by atoms with Crippen LogP contribution in [0.3, 0.4) is 0 Å². The molecule has 1 unspecified atom stereocenters. The first kappa shape index (κ1) is 33.6. The number of ether oxygens (including phenoxy) is 2. The van der Waals surface area contributed by atoms with E-state index in [1.165, 1.54) is 19.3 Å². The number of benzene rings is 2. The fraction of sp³-hybridized carbons (Fsp3) is 0.486. The second kappa shape index (κ2) is 13.7. The van der Waals surface area contributed by atoms with E-state index in [0.29, 0.717) is 41.0 Å². The molecule has 0 spiro atoms. The van der Waals surface area contributed by atoms with E-state index in [9.17, 15) is 14.7 Å². The number of carbonyl (C=O) groups excluding carboxylic acids is 1. The van der Waals surface area contributed by atoms with Crippen molar-refractivity contribution in [2.75, 3.05) is 20.2 Å². The molecule has 10 heteroatoms. The summed E-state index contributed by atoms with van der Waals surface area (Å²) in [4.78, 5) is 33.4. The Balaban J connectivity index is 0.00000386. The minimum Gasteiger partial charge on any atom is -0.492 e. The number of aromatic nitrogens is 1. The van der Waals surface area contributed by atoms with Gasteiger partial charge in [-0.15, -0.1) is 12.4 Å². The van der Waals surface area contributed by atoms with Gasteiger partial charge in [0.2, 0.25) is 0 Å². The lowest BCUT2D eigenvalue weighted by molar-refractivity contribution is -0.191. The van der Waals surface area contributed by atoms with Gasteiger partial charge in [0.05, 0.1) is 17.3 Å². The van der Waals surface area contributed by atoms with Crippen molar-refractivity contribution in [3.05, 3.63) is 70.9 Å². The van der Waals surface area contributed by atoms with Crippen molar-refractivity contribution in [1.82, 2.24) is 15.2 Å². The molecule has 5 fully saturated rings. The number of amides is 1. The number of likely N-dealkylation sites (tertiary alicyclic amines) is 1. The highest BCUT2D eigenvalue weighted by molar-refractivity contribution is 6.32. The maximum absolute atomic E-state index is 14.0. The number of nitrogens with one attached hydrogen (secondary N) is 1. The van der Waals surface area contributed by atoms with Gasteiger partial charge in [0, 0.05) is 29.0 Å². The molecule has 1 saturated heterocycles. The highest BCUT2D eigenvalue weighted by atomic mass is 35.5. The lowest BCUT2D eigenvalue weighted by atomic mass is 9.52. The molecule has 2 heterocycles. The number of hydrogen-bond donors (Lipinski definition) is 2. The Morgan fingerprint density at radius 2 is 1.74 bits per heavy atom. The van der Waals surface area contributed by atoms with Crippen LogP contribution >= 0.6 is 24.0 Å². The molecule has 5 aliphatic rings. The molecule has 1 amide bonds. The van der Waals surface area contributed by atoms with Crippen LogP contribution in [0.2, 0.25) is 5.02 Å². The predicted octanol–water partition coefficient (Wildman–Crippen LogP) is 8.24. The number of hydrogen-bond acceptors (Lipinski definition) is 6. The van der Waals surface area contributed by atoms with Crippen LogP contribution in [-0.2, 0) is 4.74 Å². The van der Waals surface area contributed by atoms with E-state index >= 15 is 0 Å². The molecule has 2 N–H and O–H groups in total. The van der Waals surface area contributed by atoms with Crippen LogP contribution in [-0.4, -0.2) is 59.0 Å². The van der Waals surface area contributed by atoms with E-state index < -0.39 is 17.8 Å². The van der Waals surface area contributed by atoms with E-state index in [1.54, 1.807) is 6.07 Å². The first-order chi connectivity index (χ1) is 22.2. The Hall–Kier alpha value is -3.33. The largest absolute Gasteiger partial charge is 0.507 e. The molecule has 2 aromatic carbocycles. The van der Waals surface area contributed by atoms with Gasteiger partial charge < -0.3 is 24.8 Å². The topological polar surface area (TPSA) is 101 Å². The van der Waals surface area contributed by atoms with Gasteiger partial charge >= 0.3 is 6.16 Å². The second-order valence-corrected chi connectivity index (χ2v) is 14.3. The van der Waals surface area contributed by atoms with E-state index in [4.69, 9.17) is 26.1 Å². The summed E-state index contributed by atoms with van der Waals surface area (Å²) in [7, 11) is 2.16. The zero-order chi connectivity index (χ0) is 32.0. The first-order valence-electron chi connectivity index (χ1n) is 16.6. The number of carboxylic acid groups (broad SMARTS) is 1. The van der Waals surface area contributed by atoms with Gasteiger partial charge in [-0.3, -0.25) is 4.79 Å². The van der Waals surface area contributed by atoms with Crippen molar-refractivity contribution < 1.29 is 24.2 Å². The standard InChI is InChI=1S/C37H42ClN3O5.ClH/c1-22-6-3-4-8-29(22)30-10-12-32(35(42)40-37(46-36(43)44)26-17-23-16-24(19-26)20-27(37)18-23)39-34(30)25-9-11-31(38)33(21-25)45-15-13-28-7-5-14-41(28)2;/h3-4,6,8-12,21,23-24,26-28H,5,7,13-20H2,1-2H3,(H,40,42)(H,43,44);1H. The van der Waals surface area contributed by atoms with Gasteiger partial charge in [0.25, 0.3) is 5.91 Å². The zero-order valence-electron chi connectivity index (χ0n) is 26.9. The maximum atomic E-state index is 14.0. The lowest BCUT2D eigenvalue weighted by Gasteiger charge is -2.59. The Morgan fingerprint density at radius 1 is 1.02 bits per heavy atom. The fourth-order valence-electron chi connectivity index (χ4n) is 8.97. The van der Waals surface area contributed by atoms with Crippen LogP contribution in [0, 0.1) is 30.6 Å². The zero-order valence-corrected chi connectivity index (χ0v) is 28.5. The fourth-order valence-corrected chi connectivity index (χ4v) is 9.15. The molecule has 250 valence electrons. The molecule has 1 aliphatic heterocycles. The molecule has 8 rings (SSSR count). The monoisotopic (exact) mass is 679 g/mol. The van der Waals surface area contributed by atoms with Crippen molar-refractivity contribution in [2.24, 2.45) is 23.7 Å². The van der Waals surface area contributed by atoms with Crippen LogP contribution in [0.25, 0.3) is 22.4 Å². The first-order valence-corrected chi connectivity index (χ1v) is 17.0. The molecule has 3 aromatic rings. The summed E-state index contributed by atoms with van der Waals surface area (Å²) in [5.74, 6) is 1.22. The number of aryl methyl sites for hydroxylation is 1. The Kier molecular flexibility index (Phi) is 9.75. The van der Waals surface area contributed by atoms with Gasteiger partial charge in [0.1, 0.15) is 11.4 Å². The van der Waals surface area contributed by atoms with Gasteiger partial charge in [0.15, 0.2) is 5.72 Å². The third-order valence-electron chi connectivity index (χ3n) is 11.1. The van der Waals surface area contributed by atoms with Gasteiger partial charge in [-0.1, -0.05) is 41.9 Å². The van der Waals surface area contributed by atoms with Crippen molar-refractivity contribution in [3.8, 4) is 28.1 Å². The summed E-state index contributed by atoms with van der Waals surface area (Å²) in [5, 5.41) is 13.4. The number of rotatable bonds is 9. The Labute approximate surface area is 287 Å². The molecular weight excluding hydrogens is 637 g/mol. The lowest BCUT2D eigenvalue weighted by Crippen LogP contribution is -2.68. The van der Waals surface area contributed by atoms with Crippen LogP contribution in [0.4, 0.5) is 4.79 Å².